The number of furan rings is 1. The van der Waals surface area contributed by atoms with Gasteiger partial charge in [0.25, 0.3) is 0 Å². The molecule has 4 heteroatoms. The minimum atomic E-state index is -0.0268. The van der Waals surface area contributed by atoms with Crippen molar-refractivity contribution in [3.05, 3.63) is 36.3 Å². The first-order valence-electron chi connectivity index (χ1n) is 7.56. The zero-order valence-corrected chi connectivity index (χ0v) is 11.9. The molecule has 4 atom stereocenters. The molecule has 2 N–H and O–H groups in total. The molecule has 0 saturated carbocycles. The molecule has 1 aromatic heterocycles. The van der Waals surface area contributed by atoms with E-state index < -0.39 is 0 Å². The number of rotatable bonds is 6. The van der Waals surface area contributed by atoms with Gasteiger partial charge in [0.05, 0.1) is 6.54 Å². The summed E-state index contributed by atoms with van der Waals surface area (Å²) in [6.07, 6.45) is 4.74. The highest BCUT2D eigenvalue weighted by atomic mass is 16.4. The van der Waals surface area contributed by atoms with Crippen molar-refractivity contribution in [3.63, 3.8) is 0 Å². The lowest BCUT2D eigenvalue weighted by molar-refractivity contribution is 0.0193. The van der Waals surface area contributed by atoms with E-state index in [0.717, 1.165) is 24.8 Å². The largest absolute Gasteiger partial charge is 0.462 e. The Hall–Kier alpha value is -1.10. The minimum Gasteiger partial charge on any atom is -0.462 e. The summed E-state index contributed by atoms with van der Waals surface area (Å²) in [5, 5.41) is 12.5. The van der Waals surface area contributed by atoms with E-state index in [0.29, 0.717) is 17.7 Å². The van der Waals surface area contributed by atoms with Crippen LogP contribution in [0.15, 0.2) is 29.2 Å². The van der Waals surface area contributed by atoms with Crippen molar-refractivity contribution in [1.29, 1.82) is 0 Å². The number of nitrogens with one attached hydrogen (secondary N) is 1. The topological polar surface area (TPSA) is 48.6 Å². The van der Waals surface area contributed by atoms with E-state index in [1.54, 1.807) is 0 Å². The molecular weight excluding hydrogens is 252 g/mol. The van der Waals surface area contributed by atoms with Gasteiger partial charge >= 0.3 is 0 Å². The van der Waals surface area contributed by atoms with Crippen molar-refractivity contribution in [1.82, 2.24) is 10.2 Å². The first kappa shape index (κ1) is 13.9. The van der Waals surface area contributed by atoms with E-state index in [9.17, 15) is 0 Å². The lowest BCUT2D eigenvalue weighted by Crippen LogP contribution is -2.55. The maximum absolute atomic E-state index is 8.97. The van der Waals surface area contributed by atoms with Crippen molar-refractivity contribution < 1.29 is 9.52 Å². The predicted octanol–water partition coefficient (Wildman–Crippen LogP) is 1.76. The van der Waals surface area contributed by atoms with Gasteiger partial charge in [-0.05, 0) is 43.4 Å². The molecule has 3 fully saturated rings. The number of piperidine rings is 3. The standard InChI is InChI=1S/C16H24N2O2/c1-2-12-10-18-6-5-13(12)7-14(18)8-17-9-15-3-4-16(11-19)20-15/h2-4,12-14,17,19H,1,5-11H2/t12-,13+,14-/m1/s1. The Kier molecular flexibility index (Phi) is 4.24. The first-order valence-corrected chi connectivity index (χ1v) is 7.56. The number of aliphatic hydroxyl groups excluding tert-OH is 1. The lowest BCUT2D eigenvalue weighted by Gasteiger charge is -2.49. The van der Waals surface area contributed by atoms with Crippen LogP contribution in [0.4, 0.5) is 0 Å². The monoisotopic (exact) mass is 276 g/mol. The highest BCUT2D eigenvalue weighted by molar-refractivity contribution is 5.06. The fourth-order valence-corrected chi connectivity index (χ4v) is 3.62. The Bertz CT molecular complexity index is 457. The number of hydrogen-bond acceptors (Lipinski definition) is 4. The van der Waals surface area contributed by atoms with Crippen molar-refractivity contribution in [3.8, 4) is 0 Å². The zero-order chi connectivity index (χ0) is 13.9. The molecule has 0 aliphatic carbocycles. The Labute approximate surface area is 120 Å². The first-order chi connectivity index (χ1) is 9.80. The number of fused-ring (bicyclic) bond motifs is 3. The van der Waals surface area contributed by atoms with Crippen LogP contribution in [-0.4, -0.2) is 35.7 Å². The van der Waals surface area contributed by atoms with E-state index >= 15 is 0 Å². The molecule has 1 aromatic rings. The van der Waals surface area contributed by atoms with Crippen molar-refractivity contribution in [2.24, 2.45) is 11.8 Å². The molecule has 110 valence electrons. The van der Waals surface area contributed by atoms with E-state index in [4.69, 9.17) is 9.52 Å². The van der Waals surface area contributed by atoms with Crippen molar-refractivity contribution >= 4 is 0 Å². The van der Waals surface area contributed by atoms with Crippen molar-refractivity contribution in [2.75, 3.05) is 19.6 Å². The van der Waals surface area contributed by atoms with Gasteiger partial charge in [-0.2, -0.15) is 0 Å². The Morgan fingerprint density at radius 3 is 2.95 bits per heavy atom. The number of hydrogen-bond donors (Lipinski definition) is 2. The third kappa shape index (κ3) is 2.82. The van der Waals surface area contributed by atoms with Crippen LogP contribution >= 0.6 is 0 Å². The second kappa shape index (κ2) is 6.12. The Balaban J connectivity index is 1.46. The van der Waals surface area contributed by atoms with Gasteiger partial charge in [-0.1, -0.05) is 6.08 Å². The molecule has 0 radical (unpaired) electrons. The van der Waals surface area contributed by atoms with Gasteiger partial charge < -0.3 is 14.8 Å². The van der Waals surface area contributed by atoms with Gasteiger partial charge in [0.1, 0.15) is 18.1 Å². The van der Waals surface area contributed by atoms with Crippen molar-refractivity contribution in [2.45, 2.75) is 32.0 Å². The summed E-state index contributed by atoms with van der Waals surface area (Å²) in [7, 11) is 0. The zero-order valence-electron chi connectivity index (χ0n) is 11.9. The average Bonchev–Trinajstić information content (AvgIpc) is 2.96. The van der Waals surface area contributed by atoms with Gasteiger partial charge in [0, 0.05) is 19.1 Å². The predicted molar refractivity (Wildman–Crippen MR) is 78.1 cm³/mol. The second-order valence-electron chi connectivity index (χ2n) is 5.99. The minimum absolute atomic E-state index is 0.0268. The lowest BCUT2D eigenvalue weighted by atomic mass is 9.75. The molecule has 2 bridgehead atoms. The normalized spacial score (nSPS) is 32.5. The summed E-state index contributed by atoms with van der Waals surface area (Å²) in [6, 6.07) is 4.41. The van der Waals surface area contributed by atoms with Crippen LogP contribution in [0.2, 0.25) is 0 Å². The fraction of sp³-hybridized carbons (Fsp3) is 0.625. The van der Waals surface area contributed by atoms with Gasteiger partial charge in [-0.15, -0.1) is 6.58 Å². The highest BCUT2D eigenvalue weighted by Gasteiger charge is 2.38. The van der Waals surface area contributed by atoms with Crippen LogP contribution in [0.1, 0.15) is 24.4 Å². The maximum atomic E-state index is 8.97. The number of aliphatic hydroxyl groups is 1. The molecule has 1 unspecified atom stereocenters. The van der Waals surface area contributed by atoms with Crippen LogP contribution in [-0.2, 0) is 13.2 Å². The SMILES string of the molecule is C=C[C@@H]1CN2CC[C@H]1C[C@@H]2CNCc1ccc(CO)o1. The molecule has 3 aliphatic rings. The van der Waals surface area contributed by atoms with Crippen LogP contribution in [0.25, 0.3) is 0 Å². The van der Waals surface area contributed by atoms with Gasteiger partial charge in [-0.3, -0.25) is 4.90 Å². The van der Waals surface area contributed by atoms with Gasteiger partial charge in [0.2, 0.25) is 0 Å². The molecule has 0 spiro atoms. The molecular formula is C16H24N2O2. The summed E-state index contributed by atoms with van der Waals surface area (Å²) in [4.78, 5) is 2.60. The third-order valence-corrected chi connectivity index (χ3v) is 4.78. The summed E-state index contributed by atoms with van der Waals surface area (Å²) >= 11 is 0. The average molecular weight is 276 g/mol. The third-order valence-electron chi connectivity index (χ3n) is 4.78. The molecule has 4 rings (SSSR count). The summed E-state index contributed by atoms with van der Waals surface area (Å²) in [6.45, 7) is 8.09. The molecule has 3 saturated heterocycles. The summed E-state index contributed by atoms with van der Waals surface area (Å²) in [5.41, 5.74) is 0. The summed E-state index contributed by atoms with van der Waals surface area (Å²) < 4.78 is 5.48. The summed E-state index contributed by atoms with van der Waals surface area (Å²) in [5.74, 6) is 3.05. The molecule has 0 aromatic carbocycles. The highest BCUT2D eigenvalue weighted by Crippen LogP contribution is 2.36. The molecule has 4 nitrogen and oxygen atoms in total. The van der Waals surface area contributed by atoms with Gasteiger partial charge in [0.15, 0.2) is 0 Å². The van der Waals surface area contributed by atoms with Crippen LogP contribution in [0.5, 0.6) is 0 Å². The van der Waals surface area contributed by atoms with E-state index in [-0.39, 0.29) is 6.61 Å². The van der Waals surface area contributed by atoms with Gasteiger partial charge in [-0.25, -0.2) is 0 Å². The van der Waals surface area contributed by atoms with Crippen LogP contribution < -0.4 is 5.32 Å². The van der Waals surface area contributed by atoms with E-state index in [2.05, 4.69) is 22.9 Å². The fourth-order valence-electron chi connectivity index (χ4n) is 3.62. The smallest absolute Gasteiger partial charge is 0.129 e. The molecule has 0 amide bonds. The molecule has 4 heterocycles. The van der Waals surface area contributed by atoms with Crippen LogP contribution in [0, 0.1) is 11.8 Å². The second-order valence-corrected chi connectivity index (χ2v) is 5.99. The van der Waals surface area contributed by atoms with E-state index in [1.165, 1.54) is 25.9 Å². The quantitative estimate of drug-likeness (QED) is 0.777. The number of nitrogens with zero attached hydrogens (tertiary/aromatic N) is 1. The molecule has 20 heavy (non-hydrogen) atoms. The maximum Gasteiger partial charge on any atom is 0.129 e. The molecule has 3 aliphatic heterocycles. The Morgan fingerprint density at radius 1 is 1.45 bits per heavy atom. The Morgan fingerprint density at radius 2 is 2.30 bits per heavy atom. The van der Waals surface area contributed by atoms with Crippen LogP contribution in [0.3, 0.4) is 0 Å². The van der Waals surface area contributed by atoms with E-state index in [1.807, 2.05) is 12.1 Å².